The van der Waals surface area contributed by atoms with Gasteiger partial charge in [0, 0.05) is 12.0 Å². The highest BCUT2D eigenvalue weighted by atomic mass is 16.4. The van der Waals surface area contributed by atoms with Crippen molar-refractivity contribution in [3.05, 3.63) is 118 Å². The third-order valence-electron chi connectivity index (χ3n) is 7.79. The van der Waals surface area contributed by atoms with Gasteiger partial charge in [0.1, 0.15) is 0 Å². The molecule has 3 nitrogen and oxygen atoms in total. The molecule has 0 fully saturated rings. The highest BCUT2D eigenvalue weighted by Gasteiger charge is 2.28. The maximum Gasteiger partial charge on any atom is 0.335 e. The maximum absolute atomic E-state index is 11.7. The zero-order valence-corrected chi connectivity index (χ0v) is 21.2. The van der Waals surface area contributed by atoms with Gasteiger partial charge < -0.3 is 10.4 Å². The zero-order valence-electron chi connectivity index (χ0n) is 21.2. The highest BCUT2D eigenvalue weighted by Crippen LogP contribution is 2.41. The predicted octanol–water partition coefficient (Wildman–Crippen LogP) is 7.67. The van der Waals surface area contributed by atoms with Crippen molar-refractivity contribution in [2.24, 2.45) is 5.92 Å². The molecule has 0 bridgehead atoms. The maximum atomic E-state index is 11.7. The number of rotatable bonds is 8. The van der Waals surface area contributed by atoms with Gasteiger partial charge in [-0.05, 0) is 103 Å². The number of hydrogen-bond acceptors (Lipinski definition) is 2. The first kappa shape index (κ1) is 24.3. The molecule has 0 radical (unpaired) electrons. The molecule has 0 saturated heterocycles. The lowest BCUT2D eigenvalue weighted by Crippen LogP contribution is -2.23. The second kappa shape index (κ2) is 10.7. The SMILES string of the molecule is Cc1cc(C(=O)O)cc(C2CC(CCCN[C@H](C)c3cccc4ccccc34)Cc3ccccc32)c1. The number of carbonyl (C=O) groups is 1. The van der Waals surface area contributed by atoms with Crippen LogP contribution in [0.1, 0.15) is 76.3 Å². The number of nitrogens with one attached hydrogen (secondary N) is 1. The summed E-state index contributed by atoms with van der Waals surface area (Å²) in [5.41, 5.74) is 6.65. The molecule has 36 heavy (non-hydrogen) atoms. The van der Waals surface area contributed by atoms with Crippen molar-refractivity contribution in [3.8, 4) is 0 Å². The molecular formula is C33H35NO2. The average molecular weight is 478 g/mol. The van der Waals surface area contributed by atoms with Gasteiger partial charge in [-0.2, -0.15) is 0 Å². The van der Waals surface area contributed by atoms with Crippen LogP contribution >= 0.6 is 0 Å². The van der Waals surface area contributed by atoms with E-state index in [9.17, 15) is 9.90 Å². The van der Waals surface area contributed by atoms with E-state index in [1.807, 2.05) is 13.0 Å². The fourth-order valence-corrected chi connectivity index (χ4v) is 6.03. The van der Waals surface area contributed by atoms with E-state index in [1.54, 1.807) is 6.07 Å². The molecule has 0 aliphatic heterocycles. The van der Waals surface area contributed by atoms with Crippen LogP contribution in [0.3, 0.4) is 0 Å². The number of hydrogen-bond donors (Lipinski definition) is 2. The summed E-state index contributed by atoms with van der Waals surface area (Å²) in [5.74, 6) is -0.0131. The highest BCUT2D eigenvalue weighted by molar-refractivity contribution is 5.88. The van der Waals surface area contributed by atoms with E-state index >= 15 is 0 Å². The Hall–Kier alpha value is -3.43. The zero-order chi connectivity index (χ0) is 25.1. The van der Waals surface area contributed by atoms with Gasteiger partial charge in [-0.3, -0.25) is 0 Å². The Balaban J connectivity index is 1.26. The van der Waals surface area contributed by atoms with Crippen LogP contribution in [-0.2, 0) is 6.42 Å². The van der Waals surface area contributed by atoms with Gasteiger partial charge in [-0.25, -0.2) is 4.79 Å². The molecule has 3 atom stereocenters. The van der Waals surface area contributed by atoms with Crippen LogP contribution in [-0.4, -0.2) is 17.6 Å². The molecular weight excluding hydrogens is 442 g/mol. The van der Waals surface area contributed by atoms with Crippen LogP contribution < -0.4 is 5.32 Å². The quantitative estimate of drug-likeness (QED) is 0.256. The lowest BCUT2D eigenvalue weighted by atomic mass is 9.72. The minimum Gasteiger partial charge on any atom is -0.478 e. The first-order valence-electron chi connectivity index (χ1n) is 13.1. The Bertz CT molecular complexity index is 1370. The molecule has 4 aromatic carbocycles. The topological polar surface area (TPSA) is 49.3 Å². The lowest BCUT2D eigenvalue weighted by Gasteiger charge is -2.32. The summed E-state index contributed by atoms with van der Waals surface area (Å²) >= 11 is 0. The normalized spacial score (nSPS) is 18.1. The van der Waals surface area contributed by atoms with E-state index in [-0.39, 0.29) is 5.92 Å². The Morgan fingerprint density at radius 3 is 2.64 bits per heavy atom. The summed E-state index contributed by atoms with van der Waals surface area (Å²) in [4.78, 5) is 11.7. The molecule has 0 heterocycles. The Morgan fingerprint density at radius 1 is 1.00 bits per heavy atom. The second-order valence-corrected chi connectivity index (χ2v) is 10.4. The third-order valence-corrected chi connectivity index (χ3v) is 7.79. The van der Waals surface area contributed by atoms with Gasteiger partial charge in [-0.1, -0.05) is 72.8 Å². The molecule has 0 saturated carbocycles. The Morgan fingerprint density at radius 2 is 1.78 bits per heavy atom. The Labute approximate surface area is 214 Å². The van der Waals surface area contributed by atoms with Crippen LogP contribution in [0.15, 0.2) is 84.9 Å². The van der Waals surface area contributed by atoms with E-state index in [0.717, 1.165) is 43.4 Å². The number of benzene rings is 4. The molecule has 184 valence electrons. The molecule has 0 aromatic heterocycles. The third kappa shape index (κ3) is 5.22. The van der Waals surface area contributed by atoms with E-state index in [0.29, 0.717) is 17.5 Å². The smallest absolute Gasteiger partial charge is 0.335 e. The van der Waals surface area contributed by atoms with Crippen molar-refractivity contribution in [1.82, 2.24) is 5.32 Å². The molecule has 1 aliphatic rings. The molecule has 1 aliphatic carbocycles. The van der Waals surface area contributed by atoms with Gasteiger partial charge in [0.2, 0.25) is 0 Å². The van der Waals surface area contributed by atoms with E-state index in [1.165, 1.54) is 27.5 Å². The fraction of sp³-hybridized carbons (Fsp3) is 0.303. The number of aryl methyl sites for hydroxylation is 1. The predicted molar refractivity (Wildman–Crippen MR) is 148 cm³/mol. The number of aromatic carboxylic acids is 1. The van der Waals surface area contributed by atoms with E-state index in [4.69, 9.17) is 0 Å². The van der Waals surface area contributed by atoms with Gasteiger partial charge in [0.05, 0.1) is 5.56 Å². The van der Waals surface area contributed by atoms with Crippen molar-refractivity contribution in [2.45, 2.75) is 51.5 Å². The second-order valence-electron chi connectivity index (χ2n) is 10.4. The minimum atomic E-state index is -0.855. The van der Waals surface area contributed by atoms with Gasteiger partial charge in [0.25, 0.3) is 0 Å². The summed E-state index contributed by atoms with van der Waals surface area (Å²) in [7, 11) is 0. The fourth-order valence-electron chi connectivity index (χ4n) is 6.03. The lowest BCUT2D eigenvalue weighted by molar-refractivity contribution is 0.0696. The summed E-state index contributed by atoms with van der Waals surface area (Å²) in [6.07, 6.45) is 4.46. The average Bonchev–Trinajstić information content (AvgIpc) is 2.89. The van der Waals surface area contributed by atoms with E-state index < -0.39 is 5.97 Å². The first-order valence-corrected chi connectivity index (χ1v) is 13.1. The van der Waals surface area contributed by atoms with Crippen LogP contribution in [0.25, 0.3) is 10.8 Å². The van der Waals surface area contributed by atoms with Crippen LogP contribution in [0.4, 0.5) is 0 Å². The number of carboxylic acid groups (broad SMARTS) is 1. The molecule has 5 rings (SSSR count). The van der Waals surface area contributed by atoms with Gasteiger partial charge in [-0.15, -0.1) is 0 Å². The van der Waals surface area contributed by atoms with Crippen molar-refractivity contribution < 1.29 is 9.90 Å². The molecule has 0 spiro atoms. The summed E-state index contributed by atoms with van der Waals surface area (Å²) < 4.78 is 0. The van der Waals surface area contributed by atoms with Crippen LogP contribution in [0, 0.1) is 12.8 Å². The summed E-state index contributed by atoms with van der Waals surface area (Å²) in [6, 6.07) is 30.0. The molecule has 3 heteroatoms. The minimum absolute atomic E-state index is 0.250. The first-order chi connectivity index (χ1) is 17.5. The summed E-state index contributed by atoms with van der Waals surface area (Å²) in [6.45, 7) is 5.23. The van der Waals surface area contributed by atoms with Crippen LogP contribution in [0.2, 0.25) is 0 Å². The van der Waals surface area contributed by atoms with Crippen LogP contribution in [0.5, 0.6) is 0 Å². The largest absolute Gasteiger partial charge is 0.478 e. The van der Waals surface area contributed by atoms with Gasteiger partial charge in [0.15, 0.2) is 0 Å². The summed E-state index contributed by atoms with van der Waals surface area (Å²) in [5, 5.41) is 16.0. The monoisotopic (exact) mass is 477 g/mol. The van der Waals surface area contributed by atoms with E-state index in [2.05, 4.69) is 85.0 Å². The number of carboxylic acids is 1. The number of fused-ring (bicyclic) bond motifs is 2. The molecule has 2 unspecified atom stereocenters. The standard InChI is InChI=1S/C33H35NO2/c1-22-17-27(21-28(18-22)33(35)36)32-20-24(19-26-11-4-6-14-31(26)32)9-8-16-34-23(2)29-15-7-12-25-10-3-5-13-30(25)29/h3-7,10-15,17-18,21,23-24,32,34H,8-9,16,19-20H2,1-2H3,(H,35,36)/t23-,24?,32?/m1/s1. The van der Waals surface area contributed by atoms with Crippen molar-refractivity contribution in [1.29, 1.82) is 0 Å². The molecule has 0 amide bonds. The molecule has 4 aromatic rings. The Kier molecular flexibility index (Phi) is 7.20. The van der Waals surface area contributed by atoms with Crippen molar-refractivity contribution in [3.63, 3.8) is 0 Å². The van der Waals surface area contributed by atoms with Gasteiger partial charge >= 0.3 is 5.97 Å². The van der Waals surface area contributed by atoms with Crippen molar-refractivity contribution >= 4 is 16.7 Å². The molecule has 2 N–H and O–H groups in total. The van der Waals surface area contributed by atoms with Crippen molar-refractivity contribution in [2.75, 3.05) is 6.54 Å².